The number of esters is 1. The molecule has 0 saturated carbocycles. The van der Waals surface area contributed by atoms with Crippen molar-refractivity contribution in [1.82, 2.24) is 4.98 Å². The monoisotopic (exact) mass is 207 g/mol. The number of carbonyl (C=O) groups is 1. The van der Waals surface area contributed by atoms with Crippen LogP contribution in [0.25, 0.3) is 0 Å². The highest BCUT2D eigenvalue weighted by Gasteiger charge is 2.18. The van der Waals surface area contributed by atoms with Crippen LogP contribution < -0.4 is 0 Å². The van der Waals surface area contributed by atoms with Gasteiger partial charge in [-0.2, -0.15) is 0 Å². The molecule has 1 aromatic heterocycles. The lowest BCUT2D eigenvalue weighted by atomic mass is 10.5. The number of oxazole rings is 1. The van der Waals surface area contributed by atoms with Crippen molar-refractivity contribution >= 4 is 13.6 Å². The van der Waals surface area contributed by atoms with Gasteiger partial charge in [-0.15, -0.1) is 0 Å². The molecule has 0 unspecified atom stereocenters. The Bertz CT molecular complexity index is 327. The van der Waals surface area contributed by atoms with Crippen LogP contribution in [-0.4, -0.2) is 27.1 Å². The fourth-order valence-corrected chi connectivity index (χ4v) is 0.815. The van der Waals surface area contributed by atoms with E-state index in [4.69, 9.17) is 9.79 Å². The van der Waals surface area contributed by atoms with E-state index in [1.807, 2.05) is 0 Å². The Balaban J connectivity index is 2.49. The fourth-order valence-electron chi connectivity index (χ4n) is 0.530. The summed E-state index contributed by atoms with van der Waals surface area (Å²) in [6.45, 7) is 0. The molecule has 0 aliphatic rings. The normalized spacial score (nSPS) is 11.2. The van der Waals surface area contributed by atoms with E-state index < -0.39 is 19.9 Å². The number of hydrogen-bond acceptors (Lipinski definition) is 5. The van der Waals surface area contributed by atoms with Crippen molar-refractivity contribution in [2.75, 3.05) is 6.35 Å². The number of ether oxygens (including phenoxy) is 1. The van der Waals surface area contributed by atoms with Crippen LogP contribution in [0.4, 0.5) is 0 Å². The minimum Gasteiger partial charge on any atom is -0.451 e. The molecule has 7 nitrogen and oxygen atoms in total. The first kappa shape index (κ1) is 9.91. The summed E-state index contributed by atoms with van der Waals surface area (Å²) < 4.78 is 19.0. The highest BCUT2D eigenvalue weighted by molar-refractivity contribution is 7.51. The largest absolute Gasteiger partial charge is 0.451 e. The summed E-state index contributed by atoms with van der Waals surface area (Å²) in [4.78, 5) is 31.0. The van der Waals surface area contributed by atoms with E-state index in [-0.39, 0.29) is 5.69 Å². The minimum absolute atomic E-state index is 0.131. The van der Waals surface area contributed by atoms with Gasteiger partial charge in [-0.1, -0.05) is 0 Å². The van der Waals surface area contributed by atoms with Crippen LogP contribution >= 0.6 is 7.60 Å². The van der Waals surface area contributed by atoms with Gasteiger partial charge in [0.05, 0.1) is 0 Å². The molecule has 1 heterocycles. The Kier molecular flexibility index (Phi) is 2.82. The highest BCUT2D eigenvalue weighted by atomic mass is 31.2. The summed E-state index contributed by atoms with van der Waals surface area (Å²) in [6.07, 6.45) is 1.06. The molecule has 0 aromatic carbocycles. The minimum atomic E-state index is -4.32. The van der Waals surface area contributed by atoms with Gasteiger partial charge in [0, 0.05) is 0 Å². The van der Waals surface area contributed by atoms with Gasteiger partial charge in [-0.3, -0.25) is 4.57 Å². The molecule has 0 aliphatic heterocycles. The van der Waals surface area contributed by atoms with Gasteiger partial charge in [0.2, 0.25) is 0 Å². The maximum atomic E-state index is 10.9. The lowest BCUT2D eigenvalue weighted by Crippen LogP contribution is -2.06. The molecule has 13 heavy (non-hydrogen) atoms. The van der Waals surface area contributed by atoms with Gasteiger partial charge in [0.25, 0.3) is 0 Å². The lowest BCUT2D eigenvalue weighted by Gasteiger charge is -2.03. The third-order valence-electron chi connectivity index (χ3n) is 1.01. The zero-order valence-corrected chi connectivity index (χ0v) is 7.18. The molecular weight excluding hydrogens is 201 g/mol. The molecule has 0 bridgehead atoms. The number of nitrogens with zero attached hydrogens (tertiary/aromatic N) is 1. The Morgan fingerprint density at radius 3 is 2.85 bits per heavy atom. The maximum Gasteiger partial charge on any atom is 0.362 e. The van der Waals surface area contributed by atoms with Crippen LogP contribution in [0.2, 0.25) is 0 Å². The fraction of sp³-hybridized carbons (Fsp3) is 0.200. The predicted octanol–water partition coefficient (Wildman–Crippen LogP) is -0.0334. The second-order valence-corrected chi connectivity index (χ2v) is 3.69. The lowest BCUT2D eigenvalue weighted by molar-refractivity contribution is 0.0543. The van der Waals surface area contributed by atoms with Crippen molar-refractivity contribution in [3.63, 3.8) is 0 Å². The first-order valence-corrected chi connectivity index (χ1v) is 4.89. The van der Waals surface area contributed by atoms with E-state index in [0.29, 0.717) is 0 Å². The average Bonchev–Trinajstić information content (AvgIpc) is 2.50. The van der Waals surface area contributed by atoms with Gasteiger partial charge in [0.15, 0.2) is 18.4 Å². The number of rotatable bonds is 3. The van der Waals surface area contributed by atoms with E-state index in [1.165, 1.54) is 0 Å². The van der Waals surface area contributed by atoms with E-state index in [0.717, 1.165) is 12.7 Å². The molecule has 0 atom stereocenters. The molecule has 1 rings (SSSR count). The predicted molar refractivity (Wildman–Crippen MR) is 38.8 cm³/mol. The Morgan fingerprint density at radius 2 is 2.38 bits per heavy atom. The van der Waals surface area contributed by atoms with Gasteiger partial charge in [-0.05, 0) is 0 Å². The van der Waals surface area contributed by atoms with Gasteiger partial charge >= 0.3 is 13.6 Å². The molecule has 0 fully saturated rings. The maximum absolute atomic E-state index is 10.9. The third kappa shape index (κ3) is 3.37. The second kappa shape index (κ2) is 3.69. The number of aromatic nitrogens is 1. The van der Waals surface area contributed by atoms with Crippen molar-refractivity contribution in [2.24, 2.45) is 0 Å². The first-order chi connectivity index (χ1) is 5.99. The summed E-state index contributed by atoms with van der Waals surface area (Å²) in [5.41, 5.74) is -0.131. The topological polar surface area (TPSA) is 110 Å². The van der Waals surface area contributed by atoms with Crippen LogP contribution in [0.15, 0.2) is 17.1 Å². The molecule has 0 saturated heterocycles. The Labute approximate surface area is 72.5 Å². The molecule has 0 aliphatic carbocycles. The zero-order valence-electron chi connectivity index (χ0n) is 6.28. The molecular formula is C5H6NO6P. The van der Waals surface area contributed by atoms with Crippen molar-refractivity contribution in [2.45, 2.75) is 0 Å². The van der Waals surface area contributed by atoms with Gasteiger partial charge in [0.1, 0.15) is 6.26 Å². The number of carbonyl (C=O) groups excluding carboxylic acids is 1. The molecule has 8 heteroatoms. The zero-order chi connectivity index (χ0) is 9.90. The third-order valence-corrected chi connectivity index (χ3v) is 1.47. The molecule has 0 amide bonds. The second-order valence-electron chi connectivity index (χ2n) is 2.10. The van der Waals surface area contributed by atoms with Crippen LogP contribution in [0.3, 0.4) is 0 Å². The quantitative estimate of drug-likeness (QED) is 0.528. The first-order valence-electron chi connectivity index (χ1n) is 3.09. The van der Waals surface area contributed by atoms with Crippen LogP contribution in [0.1, 0.15) is 10.5 Å². The highest BCUT2D eigenvalue weighted by Crippen LogP contribution is 2.34. The smallest absolute Gasteiger partial charge is 0.362 e. The SMILES string of the molecule is O=C(OCP(=O)(O)O)c1cocn1. The van der Waals surface area contributed by atoms with Gasteiger partial charge < -0.3 is 18.9 Å². The van der Waals surface area contributed by atoms with Gasteiger partial charge in [-0.25, -0.2) is 9.78 Å². The van der Waals surface area contributed by atoms with Crippen molar-refractivity contribution < 1.29 is 28.3 Å². The van der Waals surface area contributed by atoms with Crippen molar-refractivity contribution in [3.05, 3.63) is 18.4 Å². The Morgan fingerprint density at radius 1 is 1.69 bits per heavy atom. The standard InChI is InChI=1S/C5H6NO6P/c7-5(4-1-11-2-6-4)12-3-13(8,9)10/h1-2H,3H2,(H2,8,9,10). The van der Waals surface area contributed by atoms with Crippen LogP contribution in [0.5, 0.6) is 0 Å². The molecule has 72 valence electrons. The van der Waals surface area contributed by atoms with E-state index >= 15 is 0 Å². The summed E-state index contributed by atoms with van der Waals surface area (Å²) in [5, 5.41) is 0. The molecule has 0 spiro atoms. The van der Waals surface area contributed by atoms with Crippen LogP contribution in [-0.2, 0) is 9.30 Å². The molecule has 0 radical (unpaired) electrons. The summed E-state index contributed by atoms with van der Waals surface area (Å²) >= 11 is 0. The molecule has 1 aromatic rings. The van der Waals surface area contributed by atoms with Crippen molar-refractivity contribution in [1.29, 1.82) is 0 Å². The van der Waals surface area contributed by atoms with Crippen molar-refractivity contribution in [3.8, 4) is 0 Å². The van der Waals surface area contributed by atoms with E-state index in [1.54, 1.807) is 0 Å². The average molecular weight is 207 g/mol. The summed E-state index contributed by atoms with van der Waals surface area (Å²) in [6, 6.07) is 0. The van der Waals surface area contributed by atoms with Crippen LogP contribution in [0, 0.1) is 0 Å². The van der Waals surface area contributed by atoms with E-state index in [2.05, 4.69) is 14.1 Å². The summed E-state index contributed by atoms with van der Waals surface area (Å²) in [5.74, 6) is -0.933. The van der Waals surface area contributed by atoms with E-state index in [9.17, 15) is 9.36 Å². The Hall–Kier alpha value is -1.17. The molecule has 2 N–H and O–H groups in total. The number of hydrogen-bond donors (Lipinski definition) is 2. The summed E-state index contributed by atoms with van der Waals surface area (Å²) in [7, 11) is -4.32.